The van der Waals surface area contributed by atoms with Gasteiger partial charge in [0.25, 0.3) is 0 Å². The van der Waals surface area contributed by atoms with E-state index in [1.165, 1.54) is 88.0 Å². The summed E-state index contributed by atoms with van der Waals surface area (Å²) in [5, 5.41) is 9.89. The Hall–Kier alpha value is -10.2. The van der Waals surface area contributed by atoms with Gasteiger partial charge in [-0.1, -0.05) is 268 Å². The molecule has 0 spiro atoms. The molecule has 6 heteroatoms. The highest BCUT2D eigenvalue weighted by atomic mass is 127. The van der Waals surface area contributed by atoms with Gasteiger partial charge in [0.2, 0.25) is 0 Å². The quantitative estimate of drug-likeness (QED) is 0.101. The predicted molar refractivity (Wildman–Crippen MR) is 371 cm³/mol. The van der Waals surface area contributed by atoms with Crippen molar-refractivity contribution in [1.29, 1.82) is 0 Å². The van der Waals surface area contributed by atoms with Crippen molar-refractivity contribution in [2.45, 2.75) is 19.4 Å². The number of aliphatic imine (C=N–C) groups is 3. The Kier molecular flexibility index (Phi) is 13.5. The van der Waals surface area contributed by atoms with Crippen molar-refractivity contribution in [3.8, 4) is 22.3 Å². The highest BCUT2D eigenvalue weighted by Gasteiger charge is 2.35. The maximum Gasteiger partial charge on any atom is 0.161 e. The van der Waals surface area contributed by atoms with Gasteiger partial charge in [-0.05, 0) is 149 Å². The molecule has 0 saturated heterocycles. The monoisotopic (exact) mass is 1230 g/mol. The van der Waals surface area contributed by atoms with E-state index in [4.69, 9.17) is 24.9 Å². The van der Waals surface area contributed by atoms with E-state index in [0.29, 0.717) is 5.82 Å². The lowest BCUT2D eigenvalue weighted by molar-refractivity contribution is 0.579. The number of nitrogens with zero attached hydrogens (tertiary/aromatic N) is 5. The number of benzene rings is 11. The summed E-state index contributed by atoms with van der Waals surface area (Å²) in [6.07, 6.45) is 11.5. The van der Waals surface area contributed by atoms with Gasteiger partial charge in [-0.3, -0.25) is 4.99 Å². The van der Waals surface area contributed by atoms with Crippen LogP contribution in [0.4, 0.5) is 0 Å². The second-order valence-corrected chi connectivity index (χ2v) is 25.4. The van der Waals surface area contributed by atoms with Crippen LogP contribution in [-0.4, -0.2) is 28.9 Å². The van der Waals surface area contributed by atoms with Crippen LogP contribution in [0.2, 0.25) is 0 Å². The Balaban J connectivity index is 0.850. The molecule has 0 bridgehead atoms. The zero-order valence-corrected chi connectivity index (χ0v) is 49.9. The van der Waals surface area contributed by atoms with Gasteiger partial charge in [0.05, 0.1) is 11.8 Å². The van der Waals surface area contributed by atoms with E-state index in [2.05, 4.69) is 280 Å². The molecule has 0 fully saturated rings. The number of rotatable bonds is 10. The number of hydrogen-bond donors (Lipinski definition) is 0. The zero-order valence-electron chi connectivity index (χ0n) is 47.8. The lowest BCUT2D eigenvalue weighted by atomic mass is 9.71. The van der Waals surface area contributed by atoms with Crippen molar-refractivity contribution in [3.05, 3.63) is 352 Å². The summed E-state index contributed by atoms with van der Waals surface area (Å²) in [5.41, 5.74) is 18.5. The summed E-state index contributed by atoms with van der Waals surface area (Å²) in [7, 11) is 0. The molecule has 87 heavy (non-hydrogen) atoms. The molecule has 3 unspecified atom stereocenters. The second kappa shape index (κ2) is 22.4. The van der Waals surface area contributed by atoms with Crippen LogP contribution in [0.25, 0.3) is 71.3 Å². The van der Waals surface area contributed by atoms with Crippen LogP contribution in [0.1, 0.15) is 58.6 Å². The first-order valence-electron chi connectivity index (χ1n) is 29.9. The molecule has 1 aromatic heterocycles. The molecule has 0 N–H and O–H groups in total. The molecule has 3 heterocycles. The minimum Gasteiger partial charge on any atom is -0.276 e. The molecule has 11 aromatic carbocycles. The molecule has 0 radical (unpaired) electrons. The van der Waals surface area contributed by atoms with Gasteiger partial charge >= 0.3 is 0 Å². The highest BCUT2D eigenvalue weighted by molar-refractivity contribution is 14.2. The molecule has 4 aliphatic rings. The van der Waals surface area contributed by atoms with Crippen LogP contribution in [0.5, 0.6) is 0 Å². The number of amidine groups is 1. The number of halogens is 1. The van der Waals surface area contributed by atoms with Crippen LogP contribution >= 0.6 is 20.7 Å². The van der Waals surface area contributed by atoms with E-state index in [0.717, 1.165) is 63.6 Å². The number of hydrogen-bond acceptors (Lipinski definition) is 5. The van der Waals surface area contributed by atoms with E-state index in [1.54, 1.807) is 0 Å². The van der Waals surface area contributed by atoms with E-state index in [-0.39, 0.29) is 17.9 Å². The van der Waals surface area contributed by atoms with Gasteiger partial charge in [0.1, 0.15) is 7.35 Å². The summed E-state index contributed by atoms with van der Waals surface area (Å²) in [5.74, 6) is 1.57. The molecule has 12 aromatic rings. The molecule has 0 saturated carbocycles. The molecule has 0 amide bonds. The topological polar surface area (TPSA) is 62.9 Å². The Labute approximate surface area is 515 Å². The first kappa shape index (κ1) is 52.4. The van der Waals surface area contributed by atoms with Gasteiger partial charge in [-0.2, -0.15) is 0 Å². The summed E-state index contributed by atoms with van der Waals surface area (Å²) in [6.45, 7) is 2.31. The van der Waals surface area contributed by atoms with Crippen molar-refractivity contribution in [2.75, 3.05) is 0 Å². The highest BCUT2D eigenvalue weighted by Crippen LogP contribution is 2.45. The Morgan fingerprint density at radius 1 is 0.437 bits per heavy atom. The molecule has 16 rings (SSSR count). The van der Waals surface area contributed by atoms with Gasteiger partial charge < -0.3 is 0 Å². The summed E-state index contributed by atoms with van der Waals surface area (Å²) in [4.78, 5) is 26.5. The number of dihydropyridines is 1. The average Bonchev–Trinajstić information content (AvgIpc) is 1.44. The maximum absolute atomic E-state index is 5.64. The van der Waals surface area contributed by atoms with Crippen LogP contribution in [0, 0.1) is 11.8 Å². The molecule has 412 valence electrons. The van der Waals surface area contributed by atoms with Crippen molar-refractivity contribution >= 4 is 88.7 Å². The minimum atomic E-state index is -0.752. The lowest BCUT2D eigenvalue weighted by Gasteiger charge is -2.33. The summed E-state index contributed by atoms with van der Waals surface area (Å²) in [6, 6.07) is 94.4. The van der Waals surface area contributed by atoms with Crippen LogP contribution in [-0.2, 0) is 0 Å². The van der Waals surface area contributed by atoms with E-state index >= 15 is 0 Å². The zero-order chi connectivity index (χ0) is 57.8. The Bertz CT molecular complexity index is 5040. The van der Waals surface area contributed by atoms with Gasteiger partial charge in [-0.25, -0.2) is 20.0 Å². The predicted octanol–water partition coefficient (Wildman–Crippen LogP) is 17.8. The van der Waals surface area contributed by atoms with Crippen molar-refractivity contribution in [1.82, 2.24) is 9.97 Å². The molecule has 3 atom stereocenters. The number of aromatic nitrogens is 2. The van der Waals surface area contributed by atoms with Gasteiger partial charge in [0, 0.05) is 46.5 Å². The molecular weight excluding hydrogens is 1170 g/mol. The lowest BCUT2D eigenvalue weighted by Crippen LogP contribution is -2.39. The second-order valence-electron chi connectivity index (χ2n) is 22.8. The standard InChI is InChI=1S/C81H56IN5/c1-51-70(54-18-6-2-7-19-54)50-73(85-77(51)59-21-8-3-9-22-59)62-41-44-68-72(48-62)76(81-83-46-17-47-84-81)69-45-42-63(79-82-78(60-23-10-4-11-24-60)86-80(87-79)61-25-12-5-13-26-61)49-71(69)75(68)57-37-32-53(33-38-57)52-30-34-56(35-31-52)64-28-16-29-67-66(64)43-40-58-39-36-55-20-14-15-27-65(55)74(58)67/h2-48,50-51,71,77H,49H2,1H3. The van der Waals surface area contributed by atoms with Crippen molar-refractivity contribution in [3.63, 3.8) is 0 Å². The van der Waals surface area contributed by atoms with Crippen LogP contribution in [0.15, 0.2) is 318 Å². The van der Waals surface area contributed by atoms with Crippen LogP contribution < -0.4 is 10.4 Å². The Morgan fingerprint density at radius 3 is 1.80 bits per heavy atom. The Morgan fingerprint density at radius 2 is 1.06 bits per heavy atom. The van der Waals surface area contributed by atoms with E-state index < -0.39 is 20.7 Å². The molecule has 5 nitrogen and oxygen atoms in total. The van der Waals surface area contributed by atoms with Crippen LogP contribution in [0.3, 0.4) is 0 Å². The minimum absolute atomic E-state index is 0.0473. The normalized spacial score (nSPS) is 17.4. The summed E-state index contributed by atoms with van der Waals surface area (Å²) >= 11 is -0.752. The fourth-order valence-corrected chi connectivity index (χ4v) is 16.1. The average molecular weight is 1230 g/mol. The third-order valence-corrected chi connectivity index (χ3v) is 20.6. The smallest absolute Gasteiger partial charge is 0.161 e. The fourth-order valence-electron chi connectivity index (χ4n) is 13.5. The van der Waals surface area contributed by atoms with Crippen molar-refractivity contribution < 1.29 is 0 Å². The SMILES string of the molecule is CC1C(c2ccccc2)=CC(c2ccc3c(c2)=C(c2ncccn2)C2=CC=C(C4=IC(c5ccccc5)=NC(c5ccccc5)=N4)CC2C=3c2ccc(-c3ccc(-c4cccc5c4ccc4ccc6ccccc6c45)cc3)cc2)=NC1c1ccccc1. The van der Waals surface area contributed by atoms with Gasteiger partial charge in [-0.15, -0.1) is 0 Å². The first-order chi connectivity index (χ1) is 43.0. The third kappa shape index (κ3) is 9.67. The van der Waals surface area contributed by atoms with Gasteiger partial charge in [0.15, 0.2) is 11.7 Å². The molecular formula is C81H56IN5. The third-order valence-electron chi connectivity index (χ3n) is 17.7. The summed E-state index contributed by atoms with van der Waals surface area (Å²) < 4.78 is 2.25. The number of allylic oxidation sites excluding steroid dienone is 4. The maximum atomic E-state index is 5.64. The van der Waals surface area contributed by atoms with E-state index in [9.17, 15) is 0 Å². The number of fused-ring (bicyclic) bond motifs is 7. The molecule has 2 aliphatic heterocycles. The fraction of sp³-hybridized carbons (Fsp3) is 0.0617. The van der Waals surface area contributed by atoms with E-state index in [1.807, 2.05) is 18.5 Å². The van der Waals surface area contributed by atoms with Crippen molar-refractivity contribution in [2.24, 2.45) is 26.8 Å². The molecule has 2 aliphatic carbocycles. The first-order valence-corrected chi connectivity index (χ1v) is 32.0. The largest absolute Gasteiger partial charge is 0.276 e.